The van der Waals surface area contributed by atoms with Gasteiger partial charge in [-0.2, -0.15) is 0 Å². The molecule has 5 amide bonds. The fourth-order valence-electron chi connectivity index (χ4n) is 5.61. The molecular formula is C38H64N6O9S. The van der Waals surface area contributed by atoms with Gasteiger partial charge in [0.15, 0.2) is 9.84 Å². The smallest absolute Gasteiger partial charge is 0.303 e. The number of amides is 5. The number of hydrogen-bond acceptors (Lipinski definition) is 9. The zero-order chi connectivity index (χ0) is 41.2. The van der Waals surface area contributed by atoms with Gasteiger partial charge in [0.25, 0.3) is 0 Å². The molecule has 6 atom stereocenters. The van der Waals surface area contributed by atoms with E-state index in [-0.39, 0.29) is 60.9 Å². The predicted octanol–water partition coefficient (Wildman–Crippen LogP) is 2.43. The molecule has 306 valence electrons. The number of nitrogens with one attached hydrogen (secondary N) is 6. The van der Waals surface area contributed by atoms with Gasteiger partial charge in [0.05, 0.1) is 10.9 Å². The molecule has 1 aromatic rings. The van der Waals surface area contributed by atoms with Crippen LogP contribution in [0.4, 0.5) is 0 Å². The van der Waals surface area contributed by atoms with Crippen LogP contribution < -0.4 is 31.9 Å². The van der Waals surface area contributed by atoms with Crippen LogP contribution in [0.1, 0.15) is 106 Å². The average molecular weight is 781 g/mol. The molecule has 15 nitrogen and oxygen atoms in total. The van der Waals surface area contributed by atoms with Gasteiger partial charge in [-0.15, -0.1) is 0 Å². The first kappa shape index (κ1) is 48.0. The molecular weight excluding hydrogens is 717 g/mol. The quantitative estimate of drug-likeness (QED) is 0.0767. The third-order valence-electron chi connectivity index (χ3n) is 9.05. The van der Waals surface area contributed by atoms with Crippen molar-refractivity contribution in [1.82, 2.24) is 31.9 Å². The molecule has 0 aliphatic rings. The lowest BCUT2D eigenvalue weighted by molar-refractivity contribution is -0.137. The maximum absolute atomic E-state index is 13.6. The van der Waals surface area contributed by atoms with Gasteiger partial charge < -0.3 is 37.0 Å². The molecule has 1 unspecified atom stereocenters. The minimum atomic E-state index is -3.34. The molecule has 0 bridgehead atoms. The van der Waals surface area contributed by atoms with E-state index >= 15 is 0 Å². The molecule has 1 rings (SSSR count). The van der Waals surface area contributed by atoms with Crippen molar-refractivity contribution >= 4 is 45.3 Å². The van der Waals surface area contributed by atoms with Crippen molar-refractivity contribution in [3.63, 3.8) is 0 Å². The fourth-order valence-corrected chi connectivity index (χ4v) is 6.24. The Kier molecular flexibility index (Phi) is 21.0. The highest BCUT2D eigenvalue weighted by molar-refractivity contribution is 7.90. The monoisotopic (exact) mass is 780 g/mol. The van der Waals surface area contributed by atoms with Crippen LogP contribution in [0.2, 0.25) is 0 Å². The van der Waals surface area contributed by atoms with Crippen LogP contribution in [0.5, 0.6) is 0 Å². The molecule has 0 fully saturated rings. The van der Waals surface area contributed by atoms with E-state index in [9.17, 15) is 37.2 Å². The van der Waals surface area contributed by atoms with Crippen LogP contribution in [-0.4, -0.2) is 92.0 Å². The zero-order valence-corrected chi connectivity index (χ0v) is 34.2. The molecule has 7 N–H and O–H groups in total. The molecule has 0 heterocycles. The third-order valence-corrected chi connectivity index (χ3v) is 10.2. The summed E-state index contributed by atoms with van der Waals surface area (Å²) in [6, 6.07) is 2.44. The fraction of sp³-hybridized carbons (Fsp3) is 0.684. The Morgan fingerprint density at radius 1 is 0.759 bits per heavy atom. The summed E-state index contributed by atoms with van der Waals surface area (Å²) in [5.74, 6) is -3.43. The van der Waals surface area contributed by atoms with E-state index in [2.05, 4.69) is 31.9 Å². The van der Waals surface area contributed by atoms with Crippen molar-refractivity contribution in [2.45, 2.75) is 142 Å². The minimum Gasteiger partial charge on any atom is -0.481 e. The number of aliphatic carboxylic acids is 1. The van der Waals surface area contributed by atoms with E-state index in [1.807, 2.05) is 48.5 Å². The van der Waals surface area contributed by atoms with Gasteiger partial charge in [-0.3, -0.25) is 28.8 Å². The van der Waals surface area contributed by atoms with Gasteiger partial charge in [0, 0.05) is 38.2 Å². The number of carbonyl (C=O) groups excluding carboxylic acids is 5. The summed E-state index contributed by atoms with van der Waals surface area (Å²) in [5.41, 5.74) is 0.700. The topological polar surface area (TPSA) is 229 Å². The van der Waals surface area contributed by atoms with Crippen molar-refractivity contribution in [3.8, 4) is 0 Å². The Morgan fingerprint density at radius 3 is 1.91 bits per heavy atom. The van der Waals surface area contributed by atoms with Crippen molar-refractivity contribution < 1.29 is 42.3 Å². The lowest BCUT2D eigenvalue weighted by atomic mass is 9.97. The first-order chi connectivity index (χ1) is 25.2. The lowest BCUT2D eigenvalue weighted by Crippen LogP contribution is -2.58. The Morgan fingerprint density at radius 2 is 1.39 bits per heavy atom. The number of benzene rings is 1. The van der Waals surface area contributed by atoms with Crippen LogP contribution in [-0.2, 0) is 45.1 Å². The highest BCUT2D eigenvalue weighted by atomic mass is 32.2. The highest BCUT2D eigenvalue weighted by Crippen LogP contribution is 2.13. The highest BCUT2D eigenvalue weighted by Gasteiger charge is 2.31. The summed E-state index contributed by atoms with van der Waals surface area (Å²) in [6.07, 6.45) is 3.16. The predicted molar refractivity (Wildman–Crippen MR) is 207 cm³/mol. The second kappa shape index (κ2) is 23.7. The molecule has 0 saturated heterocycles. The van der Waals surface area contributed by atoms with Gasteiger partial charge in [0.1, 0.15) is 18.1 Å². The van der Waals surface area contributed by atoms with Gasteiger partial charge in [-0.05, 0) is 61.6 Å². The summed E-state index contributed by atoms with van der Waals surface area (Å²) in [5, 5.41) is 26.2. The summed E-state index contributed by atoms with van der Waals surface area (Å²) in [7, 11) is -3.34. The number of carboxylic acid groups (broad SMARTS) is 1. The van der Waals surface area contributed by atoms with Crippen LogP contribution in [0.15, 0.2) is 29.2 Å². The van der Waals surface area contributed by atoms with Crippen molar-refractivity contribution in [2.75, 3.05) is 12.8 Å². The van der Waals surface area contributed by atoms with E-state index in [1.165, 1.54) is 12.1 Å². The number of sulfone groups is 1. The van der Waals surface area contributed by atoms with Crippen molar-refractivity contribution in [3.05, 3.63) is 29.8 Å². The van der Waals surface area contributed by atoms with Crippen LogP contribution in [0.25, 0.3) is 0 Å². The van der Waals surface area contributed by atoms with E-state index in [0.717, 1.165) is 6.26 Å². The Bertz CT molecular complexity index is 1500. The maximum Gasteiger partial charge on any atom is 0.303 e. The van der Waals surface area contributed by atoms with Gasteiger partial charge in [-0.1, -0.05) is 73.4 Å². The molecule has 54 heavy (non-hydrogen) atoms. The lowest BCUT2D eigenvalue weighted by Gasteiger charge is -2.29. The zero-order valence-electron chi connectivity index (χ0n) is 33.4. The third kappa shape index (κ3) is 17.9. The van der Waals surface area contributed by atoms with Crippen LogP contribution >= 0.6 is 0 Å². The number of hydrogen-bond donors (Lipinski definition) is 7. The molecule has 16 heteroatoms. The number of rotatable bonds is 25. The second-order valence-corrected chi connectivity index (χ2v) is 16.9. The van der Waals surface area contributed by atoms with E-state index in [0.29, 0.717) is 31.2 Å². The van der Waals surface area contributed by atoms with E-state index in [1.54, 1.807) is 19.1 Å². The second-order valence-electron chi connectivity index (χ2n) is 14.9. The normalized spacial score (nSPS) is 14.9. The molecule has 0 aliphatic heterocycles. The Labute approximate surface area is 321 Å². The molecule has 1 aromatic carbocycles. The number of carbonyl (C=O) groups is 6. The van der Waals surface area contributed by atoms with Gasteiger partial charge in [-0.25, -0.2) is 8.42 Å². The Hall–Kier alpha value is -4.05. The van der Waals surface area contributed by atoms with Crippen LogP contribution in [0, 0.1) is 17.8 Å². The average Bonchev–Trinajstić information content (AvgIpc) is 3.09. The van der Waals surface area contributed by atoms with E-state index in [4.69, 9.17) is 5.11 Å². The molecule has 0 saturated carbocycles. The van der Waals surface area contributed by atoms with Gasteiger partial charge in [0.2, 0.25) is 29.5 Å². The number of carboxylic acids is 1. The maximum atomic E-state index is 13.6. The summed E-state index contributed by atoms with van der Waals surface area (Å²) < 4.78 is 23.5. The van der Waals surface area contributed by atoms with Gasteiger partial charge >= 0.3 is 5.97 Å². The largest absolute Gasteiger partial charge is 0.481 e. The molecule has 0 radical (unpaired) electrons. The summed E-state index contributed by atoms with van der Waals surface area (Å²) in [4.78, 5) is 76.9. The van der Waals surface area contributed by atoms with Crippen molar-refractivity contribution in [2.24, 2.45) is 17.8 Å². The standard InChI is InChI=1S/C38H64N6O9S/c1-10-13-30(42-38(51)34(25(7)11-2)43-31(45)14-12-15-32(46)47)36(49)41-28(20-23(3)4)22-39-26(8)35(48)44-33(24(5)6)37(50)40-21-27-16-18-29(19-17-27)54(9,52)53/h16-19,23-26,28,30,33-34,39H,10-15,20-22H2,1-9H3,(H,40,50)(H,41,49)(H,42,51)(H,43,45)(H,44,48)(H,46,47)/t25-,26-,28-,30-,33-,34?/m0/s1. The first-order valence-electron chi connectivity index (χ1n) is 18.9. The Balaban J connectivity index is 2.91. The molecule has 0 spiro atoms. The summed E-state index contributed by atoms with van der Waals surface area (Å²) in [6.45, 7) is 15.3. The van der Waals surface area contributed by atoms with Crippen LogP contribution in [0.3, 0.4) is 0 Å². The van der Waals surface area contributed by atoms with Crippen molar-refractivity contribution in [1.29, 1.82) is 0 Å². The molecule has 0 aromatic heterocycles. The SMILES string of the molecule is CCC[C@H](NC(=O)C(NC(=O)CCCC(=O)O)[C@@H](C)CC)C(=O)N[C@H](CN[C@@H](C)C(=O)N[C@H](C(=O)NCc1ccc(S(C)(=O)=O)cc1)C(C)C)CC(C)C. The van der Waals surface area contributed by atoms with E-state index < -0.39 is 69.6 Å². The first-order valence-corrected chi connectivity index (χ1v) is 20.8. The minimum absolute atomic E-state index is 0.0393. The molecule has 0 aliphatic carbocycles. The summed E-state index contributed by atoms with van der Waals surface area (Å²) >= 11 is 0.